The van der Waals surface area contributed by atoms with Crippen LogP contribution in [0.3, 0.4) is 0 Å². The van der Waals surface area contributed by atoms with Gasteiger partial charge in [0.15, 0.2) is 0 Å². The van der Waals surface area contributed by atoms with Crippen molar-refractivity contribution in [2.24, 2.45) is 0 Å². The molecule has 2 amide bonds. The molecule has 0 aliphatic rings. The molecule has 2 rings (SSSR count). The molecular weight excluding hydrogens is 314 g/mol. The fourth-order valence-corrected chi connectivity index (χ4v) is 2.87. The van der Waals surface area contributed by atoms with E-state index >= 15 is 0 Å². The van der Waals surface area contributed by atoms with Crippen molar-refractivity contribution < 1.29 is 9.59 Å². The molecule has 5 nitrogen and oxygen atoms in total. The van der Waals surface area contributed by atoms with Gasteiger partial charge in [0.25, 0.3) is 0 Å². The summed E-state index contributed by atoms with van der Waals surface area (Å²) in [6.45, 7) is 8.39. The highest BCUT2D eigenvalue weighted by Gasteiger charge is 2.13. The Hall–Kier alpha value is -2.69. The van der Waals surface area contributed by atoms with Crippen molar-refractivity contribution in [3.63, 3.8) is 0 Å². The molecule has 0 fully saturated rings. The van der Waals surface area contributed by atoms with Gasteiger partial charge in [-0.2, -0.15) is 0 Å². The van der Waals surface area contributed by atoms with Crippen molar-refractivity contribution >= 4 is 17.5 Å². The third-order valence-electron chi connectivity index (χ3n) is 4.12. The third kappa shape index (κ3) is 5.41. The minimum atomic E-state index is -0.0870. The SMILES string of the molecule is CC(=O)N(CCC(=O)Nc1c(C)cc(C)cc1C)Cc1ccncc1. The fraction of sp³-hybridized carbons (Fsp3) is 0.350. The van der Waals surface area contributed by atoms with Gasteiger partial charge < -0.3 is 10.2 Å². The lowest BCUT2D eigenvalue weighted by atomic mass is 10.0. The predicted molar refractivity (Wildman–Crippen MR) is 99.2 cm³/mol. The van der Waals surface area contributed by atoms with Crippen LogP contribution in [0.4, 0.5) is 5.69 Å². The number of anilines is 1. The van der Waals surface area contributed by atoms with E-state index in [1.54, 1.807) is 17.3 Å². The molecule has 0 saturated heterocycles. The van der Waals surface area contributed by atoms with Gasteiger partial charge in [-0.3, -0.25) is 14.6 Å². The van der Waals surface area contributed by atoms with Crippen LogP contribution in [-0.2, 0) is 16.1 Å². The molecule has 5 heteroatoms. The van der Waals surface area contributed by atoms with E-state index in [-0.39, 0.29) is 18.2 Å². The smallest absolute Gasteiger partial charge is 0.226 e. The number of carbonyl (C=O) groups excluding carboxylic acids is 2. The number of amides is 2. The maximum absolute atomic E-state index is 12.3. The summed E-state index contributed by atoms with van der Waals surface area (Å²) in [5.74, 6) is -0.136. The quantitative estimate of drug-likeness (QED) is 0.877. The maximum Gasteiger partial charge on any atom is 0.226 e. The lowest BCUT2D eigenvalue weighted by molar-refractivity contribution is -0.129. The highest BCUT2D eigenvalue weighted by molar-refractivity contribution is 5.92. The van der Waals surface area contributed by atoms with Crippen LogP contribution in [0.15, 0.2) is 36.7 Å². The first-order valence-electron chi connectivity index (χ1n) is 8.39. The Kier molecular flexibility index (Phi) is 6.28. The van der Waals surface area contributed by atoms with Gasteiger partial charge in [-0.05, 0) is 49.6 Å². The van der Waals surface area contributed by atoms with Crippen LogP contribution >= 0.6 is 0 Å². The standard InChI is InChI=1S/C20H25N3O2/c1-14-11-15(2)20(16(3)12-14)22-19(25)7-10-23(17(4)24)13-18-5-8-21-9-6-18/h5-6,8-9,11-12H,7,10,13H2,1-4H3,(H,22,25). The second-order valence-electron chi connectivity index (χ2n) is 6.37. The van der Waals surface area contributed by atoms with Crippen LogP contribution in [-0.4, -0.2) is 28.2 Å². The molecule has 0 bridgehead atoms. The van der Waals surface area contributed by atoms with Crippen molar-refractivity contribution in [1.82, 2.24) is 9.88 Å². The lowest BCUT2D eigenvalue weighted by Gasteiger charge is -2.21. The molecule has 1 aromatic carbocycles. The summed E-state index contributed by atoms with van der Waals surface area (Å²) >= 11 is 0. The molecule has 0 aliphatic carbocycles. The Morgan fingerprint density at radius 1 is 1.08 bits per heavy atom. The van der Waals surface area contributed by atoms with Gasteiger partial charge in [0, 0.05) is 44.5 Å². The first-order valence-corrected chi connectivity index (χ1v) is 8.39. The van der Waals surface area contributed by atoms with Gasteiger partial charge in [0.2, 0.25) is 11.8 Å². The Morgan fingerprint density at radius 3 is 2.24 bits per heavy atom. The number of nitrogens with zero attached hydrogens (tertiary/aromatic N) is 2. The molecule has 132 valence electrons. The van der Waals surface area contributed by atoms with E-state index in [1.165, 1.54) is 12.5 Å². The molecule has 2 aromatic rings. The minimum Gasteiger partial charge on any atom is -0.338 e. The largest absolute Gasteiger partial charge is 0.338 e. The molecule has 0 spiro atoms. The van der Waals surface area contributed by atoms with Crippen molar-refractivity contribution in [3.05, 3.63) is 58.9 Å². The Bertz CT molecular complexity index is 734. The number of pyridine rings is 1. The summed E-state index contributed by atoms with van der Waals surface area (Å²) in [7, 11) is 0. The molecule has 0 unspecified atom stereocenters. The Morgan fingerprint density at radius 2 is 1.68 bits per heavy atom. The number of hydrogen-bond donors (Lipinski definition) is 1. The summed E-state index contributed by atoms with van der Waals surface area (Å²) in [5, 5.41) is 2.98. The normalized spacial score (nSPS) is 10.4. The first-order chi connectivity index (χ1) is 11.9. The van der Waals surface area contributed by atoms with Crippen LogP contribution in [0.1, 0.15) is 35.6 Å². The average Bonchev–Trinajstić information content (AvgIpc) is 2.55. The summed E-state index contributed by atoms with van der Waals surface area (Å²) in [4.78, 5) is 29.8. The molecule has 1 heterocycles. The van der Waals surface area contributed by atoms with Crippen molar-refractivity contribution in [1.29, 1.82) is 0 Å². The number of benzene rings is 1. The Balaban J connectivity index is 1.96. The molecule has 0 radical (unpaired) electrons. The summed E-state index contributed by atoms with van der Waals surface area (Å²) in [6, 6.07) is 7.84. The molecule has 0 atom stereocenters. The molecule has 0 saturated carbocycles. The van der Waals surface area contributed by atoms with Gasteiger partial charge in [-0.25, -0.2) is 0 Å². The molecule has 1 aromatic heterocycles. The van der Waals surface area contributed by atoms with Gasteiger partial charge in [0.1, 0.15) is 0 Å². The van der Waals surface area contributed by atoms with Crippen LogP contribution in [0.25, 0.3) is 0 Å². The number of carbonyl (C=O) groups is 2. The second kappa shape index (κ2) is 8.42. The number of aryl methyl sites for hydroxylation is 3. The van der Waals surface area contributed by atoms with Crippen LogP contribution in [0.2, 0.25) is 0 Å². The van der Waals surface area contributed by atoms with E-state index in [4.69, 9.17) is 0 Å². The summed E-state index contributed by atoms with van der Waals surface area (Å²) < 4.78 is 0. The number of hydrogen-bond acceptors (Lipinski definition) is 3. The molecule has 25 heavy (non-hydrogen) atoms. The second-order valence-corrected chi connectivity index (χ2v) is 6.37. The molecule has 1 N–H and O–H groups in total. The number of rotatable bonds is 6. The van der Waals surface area contributed by atoms with Crippen LogP contribution in [0, 0.1) is 20.8 Å². The fourth-order valence-electron chi connectivity index (χ4n) is 2.87. The predicted octanol–water partition coefficient (Wildman–Crippen LogP) is 3.38. The maximum atomic E-state index is 12.3. The minimum absolute atomic E-state index is 0.0488. The van der Waals surface area contributed by atoms with Crippen LogP contribution in [0.5, 0.6) is 0 Å². The molecule has 0 aliphatic heterocycles. The highest BCUT2D eigenvalue weighted by atomic mass is 16.2. The van der Waals surface area contributed by atoms with Gasteiger partial charge >= 0.3 is 0 Å². The van der Waals surface area contributed by atoms with E-state index < -0.39 is 0 Å². The number of nitrogens with one attached hydrogen (secondary N) is 1. The zero-order chi connectivity index (χ0) is 18.4. The highest BCUT2D eigenvalue weighted by Crippen LogP contribution is 2.22. The molecular formula is C20H25N3O2. The summed E-state index contributed by atoms with van der Waals surface area (Å²) in [5.41, 5.74) is 5.13. The van der Waals surface area contributed by atoms with Crippen molar-refractivity contribution in [2.75, 3.05) is 11.9 Å². The first kappa shape index (κ1) is 18.6. The summed E-state index contributed by atoms with van der Waals surface area (Å²) in [6.07, 6.45) is 3.66. The monoisotopic (exact) mass is 339 g/mol. The van der Waals surface area contributed by atoms with E-state index in [0.29, 0.717) is 13.1 Å². The van der Waals surface area contributed by atoms with Gasteiger partial charge in [-0.1, -0.05) is 17.7 Å². The van der Waals surface area contributed by atoms with Crippen molar-refractivity contribution in [2.45, 2.75) is 40.7 Å². The van der Waals surface area contributed by atoms with E-state index in [1.807, 2.05) is 45.0 Å². The van der Waals surface area contributed by atoms with Crippen LogP contribution < -0.4 is 5.32 Å². The van der Waals surface area contributed by atoms with Gasteiger partial charge in [-0.15, -0.1) is 0 Å². The van der Waals surface area contributed by atoms with Gasteiger partial charge in [0.05, 0.1) is 0 Å². The number of aromatic nitrogens is 1. The van der Waals surface area contributed by atoms with E-state index in [2.05, 4.69) is 10.3 Å². The topological polar surface area (TPSA) is 62.3 Å². The zero-order valence-electron chi connectivity index (χ0n) is 15.3. The van der Waals surface area contributed by atoms with E-state index in [9.17, 15) is 9.59 Å². The lowest BCUT2D eigenvalue weighted by Crippen LogP contribution is -2.31. The zero-order valence-corrected chi connectivity index (χ0v) is 15.3. The average molecular weight is 339 g/mol. The van der Waals surface area contributed by atoms with Crippen molar-refractivity contribution in [3.8, 4) is 0 Å². The third-order valence-corrected chi connectivity index (χ3v) is 4.12. The van der Waals surface area contributed by atoms with E-state index in [0.717, 1.165) is 22.4 Å². The Labute approximate surface area is 149 Å².